The number of imidazole rings is 1. The molecular weight excluding hydrogens is 236 g/mol. The second-order valence-corrected chi connectivity index (χ2v) is 4.59. The van der Waals surface area contributed by atoms with Crippen LogP contribution in [0.4, 0.5) is 5.69 Å². The smallest absolute Gasteiger partial charge is 0.136 e. The predicted octanol–water partition coefficient (Wildman–Crippen LogP) is 2.92. The number of fused-ring (bicyclic) bond motifs is 2. The van der Waals surface area contributed by atoms with Crippen LogP contribution >= 0.6 is 0 Å². The molecule has 0 saturated heterocycles. The number of hydrogen-bond acceptors (Lipinski definition) is 3. The first-order chi connectivity index (χ1) is 9.40. The van der Waals surface area contributed by atoms with E-state index in [2.05, 4.69) is 26.3 Å². The number of rotatable bonds is 1. The highest BCUT2D eigenvalue weighted by Crippen LogP contribution is 2.27. The molecular formula is C15H12N4. The standard InChI is InChI=1S/C15H12N4/c1-2-4-13-12(3-1)18-15(19-13)11-7-10-5-6-16-9-14(10)17-8-11/h1-7,9,17H,8H2,(H,18,19). The summed E-state index contributed by atoms with van der Waals surface area (Å²) in [6, 6.07) is 10.1. The maximum Gasteiger partial charge on any atom is 0.136 e. The van der Waals surface area contributed by atoms with Crippen molar-refractivity contribution >= 4 is 28.4 Å². The molecule has 0 unspecified atom stereocenters. The fourth-order valence-corrected chi connectivity index (χ4v) is 2.36. The van der Waals surface area contributed by atoms with Crippen LogP contribution in [0.25, 0.3) is 22.7 Å². The van der Waals surface area contributed by atoms with Crippen molar-refractivity contribution in [3.8, 4) is 0 Å². The van der Waals surface area contributed by atoms with Gasteiger partial charge in [0.05, 0.1) is 22.9 Å². The maximum atomic E-state index is 4.63. The number of anilines is 1. The van der Waals surface area contributed by atoms with E-state index in [4.69, 9.17) is 0 Å². The maximum absolute atomic E-state index is 4.63. The van der Waals surface area contributed by atoms with Crippen molar-refractivity contribution in [2.24, 2.45) is 0 Å². The topological polar surface area (TPSA) is 53.6 Å². The monoisotopic (exact) mass is 248 g/mol. The Kier molecular flexibility index (Phi) is 2.14. The molecule has 19 heavy (non-hydrogen) atoms. The first-order valence-corrected chi connectivity index (χ1v) is 6.24. The second kappa shape index (κ2) is 3.95. The normalized spacial score (nSPS) is 13.8. The summed E-state index contributed by atoms with van der Waals surface area (Å²) in [7, 11) is 0. The highest BCUT2D eigenvalue weighted by molar-refractivity contribution is 5.90. The van der Waals surface area contributed by atoms with Crippen molar-refractivity contribution in [3.05, 3.63) is 54.1 Å². The van der Waals surface area contributed by atoms with E-state index in [1.807, 2.05) is 36.5 Å². The van der Waals surface area contributed by atoms with E-state index >= 15 is 0 Å². The van der Waals surface area contributed by atoms with Crippen LogP contribution in [0.15, 0.2) is 42.7 Å². The van der Waals surface area contributed by atoms with E-state index in [1.54, 1.807) is 6.20 Å². The Hall–Kier alpha value is -2.62. The number of nitrogens with zero attached hydrogens (tertiary/aromatic N) is 2. The SMILES string of the molecule is C1=C(c2nc3ccccc3[nH]2)CNc2cnccc21. The molecule has 0 spiro atoms. The molecule has 0 saturated carbocycles. The van der Waals surface area contributed by atoms with Crippen molar-refractivity contribution in [3.63, 3.8) is 0 Å². The molecule has 4 rings (SSSR count). The summed E-state index contributed by atoms with van der Waals surface area (Å²) in [5, 5.41) is 3.36. The minimum absolute atomic E-state index is 0.762. The van der Waals surface area contributed by atoms with Crippen molar-refractivity contribution < 1.29 is 0 Å². The predicted molar refractivity (Wildman–Crippen MR) is 76.7 cm³/mol. The van der Waals surface area contributed by atoms with Gasteiger partial charge < -0.3 is 10.3 Å². The zero-order valence-electron chi connectivity index (χ0n) is 10.2. The van der Waals surface area contributed by atoms with Crippen molar-refractivity contribution in [2.75, 3.05) is 11.9 Å². The number of aromatic nitrogens is 3. The highest BCUT2D eigenvalue weighted by atomic mass is 15.0. The van der Waals surface area contributed by atoms with Gasteiger partial charge in [0.2, 0.25) is 0 Å². The van der Waals surface area contributed by atoms with Gasteiger partial charge in [-0.25, -0.2) is 4.98 Å². The van der Waals surface area contributed by atoms with Gasteiger partial charge in [-0.3, -0.25) is 4.98 Å². The number of benzene rings is 1. The first-order valence-electron chi connectivity index (χ1n) is 6.24. The van der Waals surface area contributed by atoms with Crippen molar-refractivity contribution in [2.45, 2.75) is 0 Å². The zero-order valence-corrected chi connectivity index (χ0v) is 10.2. The van der Waals surface area contributed by atoms with Gasteiger partial charge in [-0.05, 0) is 24.3 Å². The van der Waals surface area contributed by atoms with Gasteiger partial charge in [0, 0.05) is 23.9 Å². The number of hydrogen-bond donors (Lipinski definition) is 2. The average molecular weight is 248 g/mol. The van der Waals surface area contributed by atoms with Gasteiger partial charge in [0.1, 0.15) is 5.82 Å². The van der Waals surface area contributed by atoms with Gasteiger partial charge in [-0.15, -0.1) is 0 Å². The van der Waals surface area contributed by atoms with E-state index in [0.29, 0.717) is 0 Å². The van der Waals surface area contributed by atoms with Crippen molar-refractivity contribution in [1.29, 1.82) is 0 Å². The molecule has 0 bridgehead atoms. The lowest BCUT2D eigenvalue weighted by Crippen LogP contribution is -2.10. The summed E-state index contributed by atoms with van der Waals surface area (Å²) in [5.74, 6) is 0.927. The van der Waals surface area contributed by atoms with Gasteiger partial charge in [-0.1, -0.05) is 12.1 Å². The lowest BCUT2D eigenvalue weighted by molar-refractivity contribution is 1.19. The van der Waals surface area contributed by atoms with E-state index < -0.39 is 0 Å². The number of H-pyrrole nitrogens is 1. The molecule has 1 aliphatic rings. The van der Waals surface area contributed by atoms with Gasteiger partial charge in [-0.2, -0.15) is 0 Å². The molecule has 0 radical (unpaired) electrons. The van der Waals surface area contributed by atoms with Crippen LogP contribution in [-0.4, -0.2) is 21.5 Å². The van der Waals surface area contributed by atoms with Crippen LogP contribution in [0, 0.1) is 0 Å². The number of aromatic amines is 1. The molecule has 2 aromatic heterocycles. The van der Waals surface area contributed by atoms with Gasteiger partial charge in [0.25, 0.3) is 0 Å². The molecule has 3 heterocycles. The van der Waals surface area contributed by atoms with E-state index in [-0.39, 0.29) is 0 Å². The van der Waals surface area contributed by atoms with E-state index in [1.165, 1.54) is 0 Å². The molecule has 0 aliphatic carbocycles. The van der Waals surface area contributed by atoms with Crippen LogP contribution < -0.4 is 5.32 Å². The van der Waals surface area contributed by atoms with Gasteiger partial charge >= 0.3 is 0 Å². The first kappa shape index (κ1) is 10.3. The Labute approximate surface area is 110 Å². The molecule has 0 atom stereocenters. The quantitative estimate of drug-likeness (QED) is 0.696. The summed E-state index contributed by atoms with van der Waals surface area (Å²) in [5.41, 5.74) is 5.45. The summed E-state index contributed by atoms with van der Waals surface area (Å²) >= 11 is 0. The second-order valence-electron chi connectivity index (χ2n) is 4.59. The molecule has 3 aromatic rings. The largest absolute Gasteiger partial charge is 0.379 e. The number of pyridine rings is 1. The third-order valence-electron chi connectivity index (χ3n) is 3.35. The minimum atomic E-state index is 0.762. The van der Waals surface area contributed by atoms with Crippen LogP contribution in [0.3, 0.4) is 0 Å². The van der Waals surface area contributed by atoms with E-state index in [0.717, 1.165) is 40.2 Å². The molecule has 0 amide bonds. The van der Waals surface area contributed by atoms with E-state index in [9.17, 15) is 0 Å². The molecule has 1 aromatic carbocycles. The van der Waals surface area contributed by atoms with Crippen LogP contribution in [0.1, 0.15) is 11.4 Å². The van der Waals surface area contributed by atoms with Crippen LogP contribution in [-0.2, 0) is 0 Å². The third kappa shape index (κ3) is 1.69. The lowest BCUT2D eigenvalue weighted by atomic mass is 10.1. The zero-order chi connectivity index (χ0) is 12.7. The Morgan fingerprint density at radius 2 is 2.05 bits per heavy atom. The summed E-state index contributed by atoms with van der Waals surface area (Å²) in [4.78, 5) is 12.1. The third-order valence-corrected chi connectivity index (χ3v) is 3.35. The fraction of sp³-hybridized carbons (Fsp3) is 0.0667. The highest BCUT2D eigenvalue weighted by Gasteiger charge is 2.13. The van der Waals surface area contributed by atoms with Crippen LogP contribution in [0.5, 0.6) is 0 Å². The van der Waals surface area contributed by atoms with Gasteiger partial charge in [0.15, 0.2) is 0 Å². The minimum Gasteiger partial charge on any atom is -0.379 e. The molecule has 2 N–H and O–H groups in total. The Morgan fingerprint density at radius 1 is 1.11 bits per heavy atom. The molecule has 4 heteroatoms. The number of para-hydroxylation sites is 2. The lowest BCUT2D eigenvalue weighted by Gasteiger charge is -2.16. The Bertz CT molecular complexity index is 752. The molecule has 1 aliphatic heterocycles. The molecule has 0 fully saturated rings. The summed E-state index contributed by atoms with van der Waals surface area (Å²) in [6.45, 7) is 0.762. The Balaban J connectivity index is 1.83. The Morgan fingerprint density at radius 3 is 3.00 bits per heavy atom. The van der Waals surface area contributed by atoms with Crippen LogP contribution in [0.2, 0.25) is 0 Å². The summed E-state index contributed by atoms with van der Waals surface area (Å²) < 4.78 is 0. The fourth-order valence-electron chi connectivity index (χ4n) is 2.36. The van der Waals surface area contributed by atoms with Crippen molar-refractivity contribution in [1.82, 2.24) is 15.0 Å². The number of nitrogens with one attached hydrogen (secondary N) is 2. The summed E-state index contributed by atoms with van der Waals surface area (Å²) in [6.07, 6.45) is 5.81. The molecule has 92 valence electrons. The average Bonchev–Trinajstić information content (AvgIpc) is 2.90. The molecule has 4 nitrogen and oxygen atoms in total.